The van der Waals surface area contributed by atoms with Crippen LogP contribution in [0.25, 0.3) is 0 Å². The number of nitrogens with one attached hydrogen (secondary N) is 1. The van der Waals surface area contributed by atoms with Crippen LogP contribution in [-0.2, 0) is 29.0 Å². The van der Waals surface area contributed by atoms with Crippen molar-refractivity contribution in [1.82, 2.24) is 15.3 Å². The topological polar surface area (TPSA) is 183 Å². The van der Waals surface area contributed by atoms with E-state index in [0.717, 1.165) is 69.2 Å². The Labute approximate surface area is 267 Å². The number of hydrogen-bond donors (Lipinski definition) is 5. The Morgan fingerprint density at radius 3 is 1.91 bits per heavy atom. The van der Waals surface area contributed by atoms with E-state index in [4.69, 9.17) is 42.8 Å². The Morgan fingerprint density at radius 1 is 0.867 bits per heavy atom. The Balaban J connectivity index is 1.37. The van der Waals surface area contributed by atoms with Crippen molar-refractivity contribution in [3.8, 4) is 11.5 Å². The average Bonchev–Trinajstić information content (AvgIpc) is 3.01. The van der Waals surface area contributed by atoms with E-state index in [9.17, 15) is 9.59 Å². The number of halogens is 1. The van der Waals surface area contributed by atoms with Crippen LogP contribution >= 0.6 is 11.6 Å². The van der Waals surface area contributed by atoms with Gasteiger partial charge in [-0.2, -0.15) is 0 Å². The van der Waals surface area contributed by atoms with Gasteiger partial charge in [-0.25, -0.2) is 19.6 Å². The number of benzene rings is 2. The quantitative estimate of drug-likeness (QED) is 0.136. The number of piperidine rings is 1. The third kappa shape index (κ3) is 10.8. The molecule has 12 nitrogen and oxygen atoms in total. The van der Waals surface area contributed by atoms with Crippen molar-refractivity contribution < 1.29 is 33.8 Å². The van der Waals surface area contributed by atoms with Gasteiger partial charge in [0.2, 0.25) is 0 Å². The highest BCUT2D eigenvalue weighted by Gasteiger charge is 2.34. The van der Waals surface area contributed by atoms with Gasteiger partial charge in [0, 0.05) is 19.4 Å². The van der Waals surface area contributed by atoms with Crippen molar-refractivity contribution in [3.63, 3.8) is 0 Å². The predicted octanol–water partition coefficient (Wildman–Crippen LogP) is 3.56. The molecule has 1 aliphatic heterocycles. The Bertz CT molecular complexity index is 1360. The van der Waals surface area contributed by atoms with Crippen molar-refractivity contribution in [2.75, 3.05) is 50.9 Å². The van der Waals surface area contributed by atoms with E-state index in [1.165, 1.54) is 11.1 Å². The molecule has 13 heteroatoms. The molecule has 1 atom stereocenters. The van der Waals surface area contributed by atoms with Crippen molar-refractivity contribution >= 4 is 35.2 Å². The Hall–Kier alpha value is -4.13. The molecule has 0 spiro atoms. The van der Waals surface area contributed by atoms with Crippen LogP contribution in [0.15, 0.2) is 48.5 Å². The lowest BCUT2D eigenvalue weighted by Crippen LogP contribution is -2.59. The molecular formula is C32H42ClN6O6+. The molecule has 0 radical (unpaired) electrons. The summed E-state index contributed by atoms with van der Waals surface area (Å²) in [5.41, 5.74) is 14.7. The molecule has 0 saturated carbocycles. The first-order chi connectivity index (χ1) is 21.6. The van der Waals surface area contributed by atoms with Gasteiger partial charge < -0.3 is 41.0 Å². The number of aryl methyl sites for hydroxylation is 2. The average molecular weight is 642 g/mol. The third-order valence-corrected chi connectivity index (χ3v) is 8.38. The number of anilines is 2. The zero-order chi connectivity index (χ0) is 32.2. The van der Waals surface area contributed by atoms with Crippen molar-refractivity contribution in [3.05, 3.63) is 70.5 Å². The summed E-state index contributed by atoms with van der Waals surface area (Å²) in [6, 6.07) is 15.5. The molecule has 4 rings (SSSR count). The maximum Gasteiger partial charge on any atom is 0.341 e. The Kier molecular flexibility index (Phi) is 12.2. The minimum atomic E-state index is -1.00. The van der Waals surface area contributed by atoms with Gasteiger partial charge in [-0.05, 0) is 61.1 Å². The molecule has 0 amide bonds. The molecule has 45 heavy (non-hydrogen) atoms. The maximum absolute atomic E-state index is 10.8. The lowest BCUT2D eigenvalue weighted by atomic mass is 9.99. The molecular weight excluding hydrogens is 600 g/mol. The van der Waals surface area contributed by atoms with Crippen molar-refractivity contribution in [1.29, 1.82) is 0 Å². The number of ether oxygens (including phenoxy) is 2. The largest absolute Gasteiger partial charge is 0.482 e. The van der Waals surface area contributed by atoms with E-state index in [0.29, 0.717) is 23.7 Å². The number of hydrogen-bond acceptors (Lipinski definition) is 9. The van der Waals surface area contributed by atoms with E-state index < -0.39 is 11.9 Å². The summed E-state index contributed by atoms with van der Waals surface area (Å²) in [5.74, 6) is -0.515. The fraction of sp³-hybridized carbons (Fsp3) is 0.438. The van der Waals surface area contributed by atoms with E-state index in [2.05, 4.69) is 15.3 Å². The fourth-order valence-electron chi connectivity index (χ4n) is 5.88. The number of carboxylic acid groups (broad SMARTS) is 2. The summed E-state index contributed by atoms with van der Waals surface area (Å²) in [4.78, 5) is 30.0. The monoisotopic (exact) mass is 641 g/mol. The minimum absolute atomic E-state index is 0.121. The second-order valence-electron chi connectivity index (χ2n) is 11.5. The smallest absolute Gasteiger partial charge is 0.341 e. The number of nitrogens with zero attached hydrogens (tertiary/aromatic N) is 3. The van der Waals surface area contributed by atoms with Crippen LogP contribution in [-0.4, -0.2) is 82.0 Å². The van der Waals surface area contributed by atoms with Crippen molar-refractivity contribution in [2.45, 2.75) is 51.1 Å². The molecule has 0 bridgehead atoms. The second-order valence-corrected chi connectivity index (χ2v) is 11.9. The highest BCUT2D eigenvalue weighted by Crippen LogP contribution is 2.24. The fourth-order valence-corrected chi connectivity index (χ4v) is 6.03. The lowest BCUT2D eigenvalue weighted by Gasteiger charge is -2.45. The highest BCUT2D eigenvalue weighted by atomic mass is 35.5. The summed E-state index contributed by atoms with van der Waals surface area (Å²) >= 11 is 6.10. The summed E-state index contributed by atoms with van der Waals surface area (Å²) < 4.78 is 11.5. The molecule has 1 aliphatic rings. The predicted molar refractivity (Wildman–Crippen MR) is 171 cm³/mol. The van der Waals surface area contributed by atoms with Crippen LogP contribution < -0.4 is 26.3 Å². The number of aromatic nitrogens is 2. The molecule has 2 aromatic carbocycles. The summed E-state index contributed by atoms with van der Waals surface area (Å²) in [5, 5.41) is 21.5. The number of nitrogens with two attached hydrogens (primary N) is 2. The van der Waals surface area contributed by atoms with Crippen LogP contribution in [0.1, 0.15) is 42.5 Å². The number of carbonyl (C=O) groups is 2. The first-order valence-electron chi connectivity index (χ1n) is 15.1. The van der Waals surface area contributed by atoms with Gasteiger partial charge in [0.15, 0.2) is 24.2 Å². The Morgan fingerprint density at radius 2 is 1.40 bits per heavy atom. The first-order valence-corrected chi connectivity index (χ1v) is 15.5. The van der Waals surface area contributed by atoms with Gasteiger partial charge >= 0.3 is 11.9 Å². The zero-order valence-corrected chi connectivity index (χ0v) is 26.0. The van der Waals surface area contributed by atoms with Crippen LogP contribution in [0, 0.1) is 0 Å². The molecule has 7 N–H and O–H groups in total. The van der Waals surface area contributed by atoms with Gasteiger partial charge in [0.05, 0.1) is 37.9 Å². The van der Waals surface area contributed by atoms with Gasteiger partial charge in [-0.15, -0.1) is 0 Å². The molecule has 3 aromatic rings. The van der Waals surface area contributed by atoms with Crippen LogP contribution in [0.2, 0.25) is 5.15 Å². The molecule has 242 valence electrons. The van der Waals surface area contributed by atoms with Gasteiger partial charge in [-0.1, -0.05) is 35.9 Å². The number of likely N-dealkylation sites (tertiary alicyclic amines) is 1. The van der Waals surface area contributed by atoms with E-state index in [1.807, 2.05) is 48.5 Å². The third-order valence-electron chi connectivity index (χ3n) is 8.10. The van der Waals surface area contributed by atoms with E-state index in [-0.39, 0.29) is 36.0 Å². The lowest BCUT2D eigenvalue weighted by molar-refractivity contribution is -0.933. The van der Waals surface area contributed by atoms with E-state index in [1.54, 1.807) is 0 Å². The molecule has 1 aromatic heterocycles. The van der Waals surface area contributed by atoms with Crippen LogP contribution in [0.5, 0.6) is 11.5 Å². The minimum Gasteiger partial charge on any atom is -0.482 e. The summed E-state index contributed by atoms with van der Waals surface area (Å²) in [6.45, 7) is 3.84. The number of rotatable bonds is 17. The van der Waals surface area contributed by atoms with E-state index >= 15 is 0 Å². The SMILES string of the molecule is Nc1nc(N)c(CN[C@H]2CCC[N+](CCCc3ccc(OCC(=O)O)cc3)(CCCc3ccc(OCC(=O)O)cc3)C2)nc1Cl. The van der Waals surface area contributed by atoms with Crippen LogP contribution in [0.4, 0.5) is 11.6 Å². The normalized spacial score (nSPS) is 15.8. The zero-order valence-electron chi connectivity index (χ0n) is 25.3. The molecule has 2 heterocycles. The number of nitrogen functional groups attached to an aromatic ring is 2. The molecule has 1 saturated heterocycles. The highest BCUT2D eigenvalue weighted by molar-refractivity contribution is 6.31. The number of aliphatic carboxylic acids is 2. The van der Waals surface area contributed by atoms with Gasteiger partial charge in [0.25, 0.3) is 0 Å². The number of carboxylic acids is 2. The van der Waals surface area contributed by atoms with Crippen LogP contribution in [0.3, 0.4) is 0 Å². The van der Waals surface area contributed by atoms with Gasteiger partial charge in [-0.3, -0.25) is 0 Å². The summed E-state index contributed by atoms with van der Waals surface area (Å²) in [7, 11) is 0. The number of quaternary nitrogens is 1. The molecule has 1 fully saturated rings. The molecule has 0 aliphatic carbocycles. The first kappa shape index (κ1) is 33.8. The van der Waals surface area contributed by atoms with Crippen molar-refractivity contribution in [2.24, 2.45) is 0 Å². The second kappa shape index (κ2) is 16.3. The molecule has 0 unspecified atom stereocenters. The maximum atomic E-state index is 10.8. The standard InChI is InChI=1S/C32H41ClN6O6/c33-30-32(35)38-31(34)27(37-30)18-36-24-6-3-17-39(19-24,15-1-4-22-7-11-25(12-8-22)44-20-28(40)41)16-2-5-23-9-13-26(14-10-23)45-21-29(42)43/h7-14,24,36H,1-6,15-21H2,(H5-,34,35,38,40,41,42,43)/p+1/t24-/m0/s1. The summed E-state index contributed by atoms with van der Waals surface area (Å²) in [6.07, 6.45) is 5.96. The van der Waals surface area contributed by atoms with Gasteiger partial charge in [0.1, 0.15) is 17.3 Å².